The van der Waals surface area contributed by atoms with Gasteiger partial charge in [0.15, 0.2) is 0 Å². The van der Waals surface area contributed by atoms with Crippen LogP contribution in [-0.2, 0) is 4.79 Å². The van der Waals surface area contributed by atoms with Crippen LogP contribution >= 0.6 is 15.9 Å². The Bertz CT molecular complexity index is 942. The van der Waals surface area contributed by atoms with Gasteiger partial charge in [0.25, 0.3) is 0 Å². The summed E-state index contributed by atoms with van der Waals surface area (Å²) in [7, 11) is 0. The van der Waals surface area contributed by atoms with Crippen LogP contribution in [0.4, 0.5) is 4.39 Å². The van der Waals surface area contributed by atoms with Crippen LogP contribution in [0, 0.1) is 5.82 Å². The summed E-state index contributed by atoms with van der Waals surface area (Å²) in [5.74, 6) is -0.338. The van der Waals surface area contributed by atoms with Crippen LogP contribution in [0.3, 0.4) is 0 Å². The molecule has 0 saturated carbocycles. The van der Waals surface area contributed by atoms with E-state index in [1.807, 2.05) is 24.3 Å². The van der Waals surface area contributed by atoms with Crippen molar-refractivity contribution in [2.75, 3.05) is 0 Å². The van der Waals surface area contributed by atoms with E-state index in [2.05, 4.69) is 26.2 Å². The Labute approximate surface area is 153 Å². The van der Waals surface area contributed by atoms with E-state index in [9.17, 15) is 9.18 Å². The highest BCUT2D eigenvalue weighted by molar-refractivity contribution is 9.10. The van der Waals surface area contributed by atoms with Gasteiger partial charge < -0.3 is 5.32 Å². The summed E-state index contributed by atoms with van der Waals surface area (Å²) >= 11 is 3.59. The summed E-state index contributed by atoms with van der Waals surface area (Å²) in [4.78, 5) is 16.4. The second kappa shape index (κ2) is 6.56. The number of rotatable bonds is 3. The van der Waals surface area contributed by atoms with Gasteiger partial charge in [-0.15, -0.1) is 0 Å². The minimum absolute atomic E-state index is 0.0463. The fraction of sp³-hybridized carbons (Fsp3) is 0.200. The second-order valence-corrected chi connectivity index (χ2v) is 7.13. The molecule has 2 aromatic carbocycles. The highest BCUT2D eigenvalue weighted by Crippen LogP contribution is 2.36. The number of nitrogens with one attached hydrogen (secondary N) is 1. The van der Waals surface area contributed by atoms with Crippen molar-refractivity contribution in [3.05, 3.63) is 76.3 Å². The average molecular weight is 399 g/mol. The first-order valence-electron chi connectivity index (χ1n) is 8.21. The van der Waals surface area contributed by atoms with E-state index in [0.717, 1.165) is 32.9 Å². The van der Waals surface area contributed by atoms with Crippen molar-refractivity contribution in [1.29, 1.82) is 0 Å². The van der Waals surface area contributed by atoms with Crippen molar-refractivity contribution < 1.29 is 9.18 Å². The van der Waals surface area contributed by atoms with Gasteiger partial charge in [0, 0.05) is 34.4 Å². The van der Waals surface area contributed by atoms with E-state index in [0.29, 0.717) is 6.42 Å². The predicted molar refractivity (Wildman–Crippen MR) is 98.9 cm³/mol. The third-order valence-corrected chi connectivity index (χ3v) is 5.43. The number of aromatic nitrogens is 1. The lowest BCUT2D eigenvalue weighted by Crippen LogP contribution is -2.32. The molecule has 0 spiro atoms. The summed E-state index contributed by atoms with van der Waals surface area (Å²) < 4.78 is 14.4. The molecule has 1 N–H and O–H groups in total. The van der Waals surface area contributed by atoms with Gasteiger partial charge in [-0.1, -0.05) is 40.2 Å². The molecule has 126 valence electrons. The lowest BCUT2D eigenvalue weighted by molar-refractivity contribution is -0.119. The van der Waals surface area contributed by atoms with E-state index < -0.39 is 0 Å². The van der Waals surface area contributed by atoms with E-state index >= 15 is 0 Å². The zero-order chi connectivity index (χ0) is 17.4. The fourth-order valence-corrected chi connectivity index (χ4v) is 4.08. The summed E-state index contributed by atoms with van der Waals surface area (Å²) in [6, 6.07) is 14.4. The third kappa shape index (κ3) is 3.04. The molecule has 2 atom stereocenters. The van der Waals surface area contributed by atoms with Crippen LogP contribution in [-0.4, -0.2) is 16.9 Å². The molecule has 1 fully saturated rings. The first kappa shape index (κ1) is 16.2. The molecule has 2 heterocycles. The zero-order valence-electron chi connectivity index (χ0n) is 13.4. The lowest BCUT2D eigenvalue weighted by Gasteiger charge is -2.25. The van der Waals surface area contributed by atoms with Crippen LogP contribution in [0.2, 0.25) is 0 Å². The Morgan fingerprint density at radius 3 is 2.64 bits per heavy atom. The van der Waals surface area contributed by atoms with E-state index in [4.69, 9.17) is 0 Å². The van der Waals surface area contributed by atoms with Crippen molar-refractivity contribution >= 4 is 32.6 Å². The molecule has 4 rings (SSSR count). The molecule has 3 aromatic rings. The van der Waals surface area contributed by atoms with Gasteiger partial charge >= 0.3 is 0 Å². The zero-order valence-corrected chi connectivity index (χ0v) is 15.0. The molecule has 1 aromatic heterocycles. The van der Waals surface area contributed by atoms with Crippen molar-refractivity contribution in [2.45, 2.75) is 24.8 Å². The van der Waals surface area contributed by atoms with Gasteiger partial charge in [-0.25, -0.2) is 4.39 Å². The SMILES string of the molecule is O=C1CC[C@H]([C@@H](c2ccc(F)cc2)c2nccc3c(Br)cccc23)N1. The number of halogens is 2. The lowest BCUT2D eigenvalue weighted by atomic mass is 9.85. The number of pyridine rings is 1. The van der Waals surface area contributed by atoms with Crippen molar-refractivity contribution in [3.8, 4) is 0 Å². The number of fused-ring (bicyclic) bond motifs is 1. The van der Waals surface area contributed by atoms with Crippen LogP contribution in [0.15, 0.2) is 59.2 Å². The molecule has 3 nitrogen and oxygen atoms in total. The molecule has 1 saturated heterocycles. The monoisotopic (exact) mass is 398 g/mol. The number of nitrogens with zero attached hydrogens (tertiary/aromatic N) is 1. The largest absolute Gasteiger partial charge is 0.352 e. The number of benzene rings is 2. The number of carbonyl (C=O) groups excluding carboxylic acids is 1. The maximum Gasteiger partial charge on any atom is 0.220 e. The molecule has 5 heteroatoms. The van der Waals surface area contributed by atoms with Crippen LogP contribution in [0.1, 0.15) is 30.0 Å². The Morgan fingerprint density at radius 1 is 1.12 bits per heavy atom. The summed E-state index contributed by atoms with van der Waals surface area (Å²) in [5.41, 5.74) is 1.85. The fourth-order valence-electron chi connectivity index (χ4n) is 3.58. The van der Waals surface area contributed by atoms with Crippen molar-refractivity contribution in [3.63, 3.8) is 0 Å². The molecular formula is C20H16BrFN2O. The first-order valence-corrected chi connectivity index (χ1v) is 9.01. The maximum absolute atomic E-state index is 13.4. The number of carbonyl (C=O) groups is 1. The molecule has 1 aliphatic heterocycles. The Kier molecular flexibility index (Phi) is 4.25. The van der Waals surface area contributed by atoms with Crippen LogP contribution in [0.25, 0.3) is 10.8 Å². The average Bonchev–Trinajstić information content (AvgIpc) is 3.04. The standard InChI is InChI=1S/C20H16BrFN2O/c21-16-3-1-2-15-14(16)10-11-23-20(15)19(17-8-9-18(25)24-17)12-4-6-13(22)7-5-12/h1-7,10-11,17,19H,8-9H2,(H,24,25)/t17-,19-/m1/s1. The minimum Gasteiger partial charge on any atom is -0.352 e. The molecular weight excluding hydrogens is 383 g/mol. The Balaban J connectivity index is 1.90. The van der Waals surface area contributed by atoms with Gasteiger partial charge in [-0.2, -0.15) is 0 Å². The molecule has 25 heavy (non-hydrogen) atoms. The quantitative estimate of drug-likeness (QED) is 0.703. The second-order valence-electron chi connectivity index (χ2n) is 6.27. The van der Waals surface area contributed by atoms with Crippen molar-refractivity contribution in [2.24, 2.45) is 0 Å². The van der Waals surface area contributed by atoms with Gasteiger partial charge in [0.1, 0.15) is 5.82 Å². The van der Waals surface area contributed by atoms with Crippen LogP contribution < -0.4 is 5.32 Å². The maximum atomic E-state index is 13.4. The van der Waals surface area contributed by atoms with E-state index in [1.54, 1.807) is 18.3 Å². The van der Waals surface area contributed by atoms with E-state index in [-0.39, 0.29) is 23.7 Å². The first-order chi connectivity index (χ1) is 12.1. The number of hydrogen-bond donors (Lipinski definition) is 1. The normalized spacial score (nSPS) is 18.3. The van der Waals surface area contributed by atoms with E-state index in [1.165, 1.54) is 12.1 Å². The number of hydrogen-bond acceptors (Lipinski definition) is 2. The topological polar surface area (TPSA) is 42.0 Å². The molecule has 0 aliphatic carbocycles. The van der Waals surface area contributed by atoms with Crippen LogP contribution in [0.5, 0.6) is 0 Å². The molecule has 1 aliphatic rings. The predicted octanol–water partition coefficient (Wildman–Crippen LogP) is 4.55. The van der Waals surface area contributed by atoms with Gasteiger partial charge in [0.05, 0.1) is 5.69 Å². The third-order valence-electron chi connectivity index (χ3n) is 4.74. The summed E-state index contributed by atoms with van der Waals surface area (Å²) in [6.07, 6.45) is 3.04. The highest BCUT2D eigenvalue weighted by atomic mass is 79.9. The van der Waals surface area contributed by atoms with Gasteiger partial charge in [-0.05, 0) is 41.6 Å². The number of amides is 1. The van der Waals surface area contributed by atoms with Gasteiger partial charge in [0.2, 0.25) is 5.91 Å². The summed E-state index contributed by atoms with van der Waals surface area (Å²) in [5, 5.41) is 5.17. The van der Waals surface area contributed by atoms with Crippen molar-refractivity contribution in [1.82, 2.24) is 10.3 Å². The molecule has 0 radical (unpaired) electrons. The molecule has 0 bridgehead atoms. The highest BCUT2D eigenvalue weighted by Gasteiger charge is 2.33. The molecule has 0 unspecified atom stereocenters. The Morgan fingerprint density at radius 2 is 1.92 bits per heavy atom. The minimum atomic E-state index is -0.272. The van der Waals surface area contributed by atoms with Gasteiger partial charge in [-0.3, -0.25) is 9.78 Å². The Hall–Kier alpha value is -2.27. The molecule has 1 amide bonds. The summed E-state index contributed by atoms with van der Waals surface area (Å²) in [6.45, 7) is 0. The smallest absolute Gasteiger partial charge is 0.220 e.